The van der Waals surface area contributed by atoms with Gasteiger partial charge in [-0.1, -0.05) is 17.7 Å². The molecule has 0 aliphatic carbocycles. The highest BCUT2D eigenvalue weighted by atomic mass is 35.5. The van der Waals surface area contributed by atoms with E-state index in [0.29, 0.717) is 27.3 Å². The van der Waals surface area contributed by atoms with Gasteiger partial charge in [0.05, 0.1) is 5.52 Å². The second-order valence-electron chi connectivity index (χ2n) is 5.14. The maximum atomic E-state index is 12.3. The van der Waals surface area contributed by atoms with Gasteiger partial charge in [0.1, 0.15) is 5.58 Å². The summed E-state index contributed by atoms with van der Waals surface area (Å²) in [5.41, 5.74) is 4.06. The lowest BCUT2D eigenvalue weighted by atomic mass is 10.0. The second kappa shape index (κ2) is 4.71. The van der Waals surface area contributed by atoms with Crippen LogP contribution >= 0.6 is 11.6 Å². The first-order chi connectivity index (χ1) is 10.6. The third-order valence-electron chi connectivity index (χ3n) is 3.78. The van der Waals surface area contributed by atoms with Gasteiger partial charge in [0.2, 0.25) is 0 Å². The molecule has 0 amide bonds. The van der Waals surface area contributed by atoms with Crippen LogP contribution in [0.25, 0.3) is 33.2 Å². The van der Waals surface area contributed by atoms with Gasteiger partial charge < -0.3 is 9.40 Å². The number of aromatic nitrogens is 2. The van der Waals surface area contributed by atoms with Crippen LogP contribution in [0.2, 0.25) is 5.02 Å². The molecule has 0 atom stereocenters. The molecule has 4 rings (SSSR count). The molecular formula is C17H11ClN2O2. The second-order valence-corrected chi connectivity index (χ2v) is 5.58. The SMILES string of the molecule is Cc1c(-c2cccnc2)c2oc3ccc(Cl)cc3c2[nH]c1=O. The van der Waals surface area contributed by atoms with E-state index in [9.17, 15) is 4.79 Å². The van der Waals surface area contributed by atoms with Crippen LogP contribution in [-0.4, -0.2) is 9.97 Å². The molecule has 4 aromatic rings. The molecule has 0 spiro atoms. The third-order valence-corrected chi connectivity index (χ3v) is 4.02. The Hall–Kier alpha value is -2.59. The highest BCUT2D eigenvalue weighted by Crippen LogP contribution is 2.35. The number of fused-ring (bicyclic) bond motifs is 3. The van der Waals surface area contributed by atoms with Crippen molar-refractivity contribution < 1.29 is 4.42 Å². The largest absolute Gasteiger partial charge is 0.454 e. The van der Waals surface area contributed by atoms with Crippen molar-refractivity contribution in [1.82, 2.24) is 9.97 Å². The number of H-pyrrole nitrogens is 1. The minimum absolute atomic E-state index is 0.144. The number of rotatable bonds is 1. The van der Waals surface area contributed by atoms with E-state index < -0.39 is 0 Å². The summed E-state index contributed by atoms with van der Waals surface area (Å²) < 4.78 is 5.97. The number of furan rings is 1. The summed E-state index contributed by atoms with van der Waals surface area (Å²) in [6, 6.07) is 9.11. The Bertz CT molecular complexity index is 1060. The topological polar surface area (TPSA) is 58.9 Å². The van der Waals surface area contributed by atoms with E-state index in [1.807, 2.05) is 12.1 Å². The fourth-order valence-corrected chi connectivity index (χ4v) is 2.89. The van der Waals surface area contributed by atoms with Crippen LogP contribution in [-0.2, 0) is 0 Å². The number of aromatic amines is 1. The molecule has 0 aliphatic heterocycles. The van der Waals surface area contributed by atoms with Gasteiger partial charge in [-0.3, -0.25) is 9.78 Å². The highest BCUT2D eigenvalue weighted by molar-refractivity contribution is 6.31. The van der Waals surface area contributed by atoms with Gasteiger partial charge in [-0.05, 0) is 31.2 Å². The van der Waals surface area contributed by atoms with E-state index in [4.69, 9.17) is 16.0 Å². The summed E-state index contributed by atoms with van der Waals surface area (Å²) in [6.07, 6.45) is 3.42. The van der Waals surface area contributed by atoms with E-state index in [1.54, 1.807) is 37.5 Å². The van der Waals surface area contributed by atoms with Crippen LogP contribution in [0.15, 0.2) is 51.9 Å². The average molecular weight is 311 g/mol. The lowest BCUT2D eigenvalue weighted by molar-refractivity contribution is 0.668. The Morgan fingerprint density at radius 1 is 1.27 bits per heavy atom. The Morgan fingerprint density at radius 3 is 2.91 bits per heavy atom. The maximum absolute atomic E-state index is 12.3. The van der Waals surface area contributed by atoms with Crippen LogP contribution < -0.4 is 5.56 Å². The van der Waals surface area contributed by atoms with Crippen LogP contribution in [0.4, 0.5) is 0 Å². The van der Waals surface area contributed by atoms with Gasteiger partial charge in [-0.25, -0.2) is 0 Å². The number of benzene rings is 1. The van der Waals surface area contributed by atoms with Gasteiger partial charge >= 0.3 is 0 Å². The molecule has 5 heteroatoms. The van der Waals surface area contributed by atoms with Crippen molar-refractivity contribution in [2.75, 3.05) is 0 Å². The molecule has 0 bridgehead atoms. The van der Waals surface area contributed by atoms with Gasteiger partial charge in [0.15, 0.2) is 5.58 Å². The van der Waals surface area contributed by atoms with Crippen molar-refractivity contribution in [1.29, 1.82) is 0 Å². The molecule has 3 heterocycles. The monoisotopic (exact) mass is 310 g/mol. The summed E-state index contributed by atoms with van der Waals surface area (Å²) in [5, 5.41) is 1.39. The molecule has 0 saturated carbocycles. The van der Waals surface area contributed by atoms with Crippen molar-refractivity contribution in [3.63, 3.8) is 0 Å². The quantitative estimate of drug-likeness (QED) is 0.570. The Labute approximate surface area is 130 Å². The van der Waals surface area contributed by atoms with E-state index >= 15 is 0 Å². The first-order valence-corrected chi connectivity index (χ1v) is 7.18. The number of pyridine rings is 2. The van der Waals surface area contributed by atoms with Crippen LogP contribution in [0, 0.1) is 6.92 Å². The average Bonchev–Trinajstić information content (AvgIpc) is 2.87. The van der Waals surface area contributed by atoms with Crippen molar-refractivity contribution in [2.24, 2.45) is 0 Å². The number of nitrogens with one attached hydrogen (secondary N) is 1. The number of hydrogen-bond donors (Lipinski definition) is 1. The van der Waals surface area contributed by atoms with Crippen molar-refractivity contribution in [3.05, 3.63) is 63.7 Å². The number of halogens is 1. The zero-order chi connectivity index (χ0) is 15.3. The summed E-state index contributed by atoms with van der Waals surface area (Å²) in [5.74, 6) is 0. The normalized spacial score (nSPS) is 11.4. The van der Waals surface area contributed by atoms with Crippen LogP contribution in [0.5, 0.6) is 0 Å². The van der Waals surface area contributed by atoms with Crippen molar-refractivity contribution >= 4 is 33.7 Å². The molecule has 4 nitrogen and oxygen atoms in total. The Morgan fingerprint density at radius 2 is 2.14 bits per heavy atom. The minimum atomic E-state index is -0.144. The number of nitrogens with zero attached hydrogens (tertiary/aromatic N) is 1. The van der Waals surface area contributed by atoms with Crippen molar-refractivity contribution in [3.8, 4) is 11.1 Å². The Balaban J connectivity index is 2.22. The minimum Gasteiger partial charge on any atom is -0.454 e. The van der Waals surface area contributed by atoms with Gasteiger partial charge in [0, 0.05) is 39.5 Å². The molecule has 22 heavy (non-hydrogen) atoms. The van der Waals surface area contributed by atoms with E-state index in [0.717, 1.165) is 16.5 Å². The first kappa shape index (κ1) is 13.1. The zero-order valence-electron chi connectivity index (χ0n) is 11.7. The number of hydrogen-bond acceptors (Lipinski definition) is 3. The van der Waals surface area contributed by atoms with Crippen molar-refractivity contribution in [2.45, 2.75) is 6.92 Å². The lowest BCUT2D eigenvalue weighted by Crippen LogP contribution is -2.10. The molecule has 0 unspecified atom stereocenters. The smallest absolute Gasteiger partial charge is 0.252 e. The molecule has 0 fully saturated rings. The summed E-state index contributed by atoms with van der Waals surface area (Å²) in [7, 11) is 0. The molecule has 108 valence electrons. The molecule has 0 saturated heterocycles. The molecule has 3 aromatic heterocycles. The molecule has 0 aliphatic rings. The zero-order valence-corrected chi connectivity index (χ0v) is 12.4. The molecule has 1 aromatic carbocycles. The third kappa shape index (κ3) is 1.84. The highest BCUT2D eigenvalue weighted by Gasteiger charge is 2.17. The summed E-state index contributed by atoms with van der Waals surface area (Å²) in [6.45, 7) is 1.78. The molecule has 0 radical (unpaired) electrons. The van der Waals surface area contributed by atoms with Crippen LogP contribution in [0.3, 0.4) is 0 Å². The standard InChI is InChI=1S/C17H11ClN2O2/c1-9-14(10-3-2-6-19-8-10)16-15(20-17(9)21)12-7-11(18)4-5-13(12)22-16/h2-8H,1H3,(H,20,21). The van der Waals surface area contributed by atoms with E-state index in [-0.39, 0.29) is 5.56 Å². The van der Waals surface area contributed by atoms with Gasteiger partial charge in [0.25, 0.3) is 5.56 Å². The van der Waals surface area contributed by atoms with E-state index in [2.05, 4.69) is 9.97 Å². The predicted octanol–water partition coefficient (Wildman–Crippen LogP) is 4.30. The Kier molecular flexibility index (Phi) is 2.81. The van der Waals surface area contributed by atoms with E-state index in [1.165, 1.54) is 0 Å². The molecule has 1 N–H and O–H groups in total. The summed E-state index contributed by atoms with van der Waals surface area (Å²) >= 11 is 6.06. The predicted molar refractivity (Wildman–Crippen MR) is 87.3 cm³/mol. The van der Waals surface area contributed by atoms with Gasteiger partial charge in [-0.2, -0.15) is 0 Å². The summed E-state index contributed by atoms with van der Waals surface area (Å²) in [4.78, 5) is 19.3. The van der Waals surface area contributed by atoms with Crippen LogP contribution in [0.1, 0.15) is 5.56 Å². The molecular weight excluding hydrogens is 300 g/mol. The van der Waals surface area contributed by atoms with Gasteiger partial charge in [-0.15, -0.1) is 0 Å². The lowest BCUT2D eigenvalue weighted by Gasteiger charge is -2.05. The fourth-order valence-electron chi connectivity index (χ4n) is 2.72. The first-order valence-electron chi connectivity index (χ1n) is 6.80. The maximum Gasteiger partial charge on any atom is 0.252 e. The fraction of sp³-hybridized carbons (Fsp3) is 0.0588.